The second-order valence-corrected chi connectivity index (χ2v) is 7.82. The predicted octanol–water partition coefficient (Wildman–Crippen LogP) is 3.46. The predicted molar refractivity (Wildman–Crippen MR) is 120 cm³/mol. The Morgan fingerprint density at radius 1 is 1.19 bits per heavy atom. The number of aliphatic imine (C=N–C) groups is 1. The van der Waals surface area contributed by atoms with E-state index in [4.69, 9.17) is 9.47 Å². The third kappa shape index (κ3) is 5.64. The zero-order valence-electron chi connectivity index (χ0n) is 17.5. The molecule has 2 aromatic rings. The van der Waals surface area contributed by atoms with E-state index in [1.54, 1.807) is 51.4 Å². The lowest BCUT2D eigenvalue weighted by molar-refractivity contribution is -0.127. The molecule has 0 spiro atoms. The van der Waals surface area contributed by atoms with Gasteiger partial charge in [-0.05, 0) is 43.3 Å². The molecule has 0 unspecified atom stereocenters. The number of benzene rings is 2. The standard InChI is InChI=1S/C22H23N3O5S/c1-4-30-21(28)14-8-10-15(11-9-14)23-19(26)13-18-20(27)25(2)22(31-18)24-16-6-5-7-17(12-16)29-3/h5-12,18H,4,13H2,1-3H3,(H,23,26)/t18-/m0/s1. The van der Waals surface area contributed by atoms with Gasteiger partial charge in [-0.1, -0.05) is 17.8 Å². The number of ether oxygens (including phenoxy) is 2. The molecule has 162 valence electrons. The first kappa shape index (κ1) is 22.4. The van der Waals surface area contributed by atoms with E-state index in [0.29, 0.717) is 34.5 Å². The average Bonchev–Trinajstić information content (AvgIpc) is 3.02. The fraction of sp³-hybridized carbons (Fsp3) is 0.273. The van der Waals surface area contributed by atoms with Crippen LogP contribution in [0.15, 0.2) is 53.5 Å². The number of thioether (sulfide) groups is 1. The highest BCUT2D eigenvalue weighted by Crippen LogP contribution is 2.31. The number of carbonyl (C=O) groups is 3. The van der Waals surface area contributed by atoms with Crippen molar-refractivity contribution in [3.05, 3.63) is 54.1 Å². The van der Waals surface area contributed by atoms with Gasteiger partial charge < -0.3 is 14.8 Å². The first-order chi connectivity index (χ1) is 14.9. The highest BCUT2D eigenvalue weighted by molar-refractivity contribution is 8.15. The van der Waals surface area contributed by atoms with Crippen molar-refractivity contribution in [3.63, 3.8) is 0 Å². The fourth-order valence-corrected chi connectivity index (χ4v) is 4.03. The number of hydrogen-bond donors (Lipinski definition) is 1. The van der Waals surface area contributed by atoms with Gasteiger partial charge in [0.2, 0.25) is 11.8 Å². The SMILES string of the molecule is CCOC(=O)c1ccc(NC(=O)C[C@@H]2SC(=Nc3cccc(OC)c3)N(C)C2=O)cc1. The van der Waals surface area contributed by atoms with Crippen LogP contribution in [0.5, 0.6) is 5.75 Å². The minimum absolute atomic E-state index is 0.00456. The number of nitrogens with zero attached hydrogens (tertiary/aromatic N) is 2. The van der Waals surface area contributed by atoms with Crippen LogP contribution in [0.2, 0.25) is 0 Å². The number of amidine groups is 1. The average molecular weight is 442 g/mol. The van der Waals surface area contributed by atoms with Crippen LogP contribution in [0.25, 0.3) is 0 Å². The van der Waals surface area contributed by atoms with Gasteiger partial charge in [0.25, 0.3) is 0 Å². The Labute approximate surface area is 184 Å². The largest absolute Gasteiger partial charge is 0.497 e. The lowest BCUT2D eigenvalue weighted by Gasteiger charge is -2.10. The molecule has 0 radical (unpaired) electrons. The number of carbonyl (C=O) groups excluding carboxylic acids is 3. The number of nitrogens with one attached hydrogen (secondary N) is 1. The topological polar surface area (TPSA) is 97.3 Å². The van der Waals surface area contributed by atoms with Crippen LogP contribution < -0.4 is 10.1 Å². The number of anilines is 1. The molecule has 0 aromatic heterocycles. The molecule has 0 aliphatic carbocycles. The van der Waals surface area contributed by atoms with Crippen molar-refractivity contribution in [3.8, 4) is 5.75 Å². The Morgan fingerprint density at radius 3 is 2.61 bits per heavy atom. The molecule has 1 N–H and O–H groups in total. The molecule has 3 rings (SSSR count). The molecule has 1 heterocycles. The lowest BCUT2D eigenvalue weighted by atomic mass is 10.2. The molecular formula is C22H23N3O5S. The summed E-state index contributed by atoms with van der Waals surface area (Å²) in [6.07, 6.45) is 0.00456. The summed E-state index contributed by atoms with van der Waals surface area (Å²) < 4.78 is 10.1. The van der Waals surface area contributed by atoms with Crippen LogP contribution in [-0.4, -0.2) is 53.9 Å². The van der Waals surface area contributed by atoms with E-state index in [1.165, 1.54) is 16.7 Å². The second kappa shape index (κ2) is 10.1. The molecular weight excluding hydrogens is 418 g/mol. The van der Waals surface area contributed by atoms with E-state index in [2.05, 4.69) is 10.3 Å². The normalized spacial score (nSPS) is 17.0. The molecule has 1 saturated heterocycles. The van der Waals surface area contributed by atoms with E-state index in [1.807, 2.05) is 18.2 Å². The first-order valence-corrected chi connectivity index (χ1v) is 10.5. The summed E-state index contributed by atoms with van der Waals surface area (Å²) in [6, 6.07) is 13.6. The molecule has 0 saturated carbocycles. The monoisotopic (exact) mass is 441 g/mol. The summed E-state index contributed by atoms with van der Waals surface area (Å²) in [5, 5.41) is 2.71. The third-order valence-corrected chi connectivity index (χ3v) is 5.70. The van der Waals surface area contributed by atoms with Gasteiger partial charge in [0.1, 0.15) is 11.0 Å². The molecule has 8 nitrogen and oxygen atoms in total. The minimum atomic E-state index is -0.562. The van der Waals surface area contributed by atoms with Crippen molar-refractivity contribution in [2.24, 2.45) is 4.99 Å². The molecule has 2 aromatic carbocycles. The first-order valence-electron chi connectivity index (χ1n) is 9.65. The van der Waals surface area contributed by atoms with Crippen molar-refractivity contribution >= 4 is 46.1 Å². The Kier molecular flexibility index (Phi) is 7.30. The quantitative estimate of drug-likeness (QED) is 0.661. The molecule has 1 aliphatic rings. The number of rotatable bonds is 7. The van der Waals surface area contributed by atoms with Gasteiger partial charge in [-0.15, -0.1) is 0 Å². The highest BCUT2D eigenvalue weighted by atomic mass is 32.2. The summed E-state index contributed by atoms with van der Waals surface area (Å²) in [5.41, 5.74) is 1.60. The summed E-state index contributed by atoms with van der Waals surface area (Å²) in [6.45, 7) is 2.03. The van der Waals surface area contributed by atoms with Crippen LogP contribution in [0.3, 0.4) is 0 Å². The van der Waals surface area contributed by atoms with Gasteiger partial charge in [-0.2, -0.15) is 0 Å². The maximum absolute atomic E-state index is 12.6. The number of methoxy groups -OCH3 is 1. The smallest absolute Gasteiger partial charge is 0.338 e. The van der Waals surface area contributed by atoms with Gasteiger partial charge >= 0.3 is 5.97 Å². The Morgan fingerprint density at radius 2 is 1.94 bits per heavy atom. The summed E-state index contributed by atoms with van der Waals surface area (Å²) in [7, 11) is 3.21. The molecule has 1 fully saturated rings. The molecule has 1 aliphatic heterocycles. The minimum Gasteiger partial charge on any atom is -0.497 e. The Hall–Kier alpha value is -3.33. The second-order valence-electron chi connectivity index (χ2n) is 6.65. The molecule has 9 heteroatoms. The number of hydrogen-bond acceptors (Lipinski definition) is 7. The van der Waals surface area contributed by atoms with Gasteiger partial charge in [0.05, 0.1) is 25.0 Å². The van der Waals surface area contributed by atoms with Gasteiger partial charge in [0.15, 0.2) is 5.17 Å². The van der Waals surface area contributed by atoms with Gasteiger partial charge in [-0.25, -0.2) is 9.79 Å². The summed E-state index contributed by atoms with van der Waals surface area (Å²) in [4.78, 5) is 42.7. The van der Waals surface area contributed by atoms with E-state index in [0.717, 1.165) is 0 Å². The van der Waals surface area contributed by atoms with E-state index in [-0.39, 0.29) is 18.2 Å². The molecule has 0 bridgehead atoms. The van der Waals surface area contributed by atoms with E-state index >= 15 is 0 Å². The summed E-state index contributed by atoms with van der Waals surface area (Å²) >= 11 is 1.25. The Bertz CT molecular complexity index is 1010. The summed E-state index contributed by atoms with van der Waals surface area (Å²) in [5.74, 6) is -0.229. The number of esters is 1. The molecule has 31 heavy (non-hydrogen) atoms. The number of amides is 2. The van der Waals surface area contributed by atoms with E-state index in [9.17, 15) is 14.4 Å². The van der Waals surface area contributed by atoms with Crippen molar-refractivity contribution in [2.75, 3.05) is 26.1 Å². The molecule has 1 atom stereocenters. The zero-order valence-corrected chi connectivity index (χ0v) is 18.3. The van der Waals surface area contributed by atoms with Crippen molar-refractivity contribution in [1.82, 2.24) is 4.90 Å². The highest BCUT2D eigenvalue weighted by Gasteiger charge is 2.37. The van der Waals surface area contributed by atoms with Crippen LogP contribution in [0.1, 0.15) is 23.7 Å². The van der Waals surface area contributed by atoms with Crippen molar-refractivity contribution in [1.29, 1.82) is 0 Å². The fourth-order valence-electron chi connectivity index (χ4n) is 2.87. The van der Waals surface area contributed by atoms with E-state index < -0.39 is 11.2 Å². The third-order valence-electron chi connectivity index (χ3n) is 4.47. The Balaban J connectivity index is 1.62. The van der Waals surface area contributed by atoms with Crippen LogP contribution >= 0.6 is 11.8 Å². The van der Waals surface area contributed by atoms with Crippen molar-refractivity contribution < 1.29 is 23.9 Å². The van der Waals surface area contributed by atoms with Gasteiger partial charge in [-0.3, -0.25) is 14.5 Å². The lowest BCUT2D eigenvalue weighted by Crippen LogP contribution is -2.30. The maximum Gasteiger partial charge on any atom is 0.338 e. The maximum atomic E-state index is 12.6. The zero-order chi connectivity index (χ0) is 22.4. The van der Waals surface area contributed by atoms with Crippen LogP contribution in [0.4, 0.5) is 11.4 Å². The van der Waals surface area contributed by atoms with Crippen molar-refractivity contribution in [2.45, 2.75) is 18.6 Å². The van der Waals surface area contributed by atoms with Crippen LogP contribution in [0, 0.1) is 0 Å². The van der Waals surface area contributed by atoms with Crippen LogP contribution in [-0.2, 0) is 14.3 Å². The van der Waals surface area contributed by atoms with Gasteiger partial charge in [0, 0.05) is 25.2 Å². The molecule has 2 amide bonds.